The number of hydrogen-bond acceptors (Lipinski definition) is 4. The number of anilines is 1. The average molecular weight is 327 g/mol. The summed E-state index contributed by atoms with van der Waals surface area (Å²) in [6.07, 6.45) is 0. The zero-order valence-corrected chi connectivity index (χ0v) is 13.6. The van der Waals surface area contributed by atoms with Gasteiger partial charge in [0.1, 0.15) is 18.4 Å². The second-order valence-electron chi connectivity index (χ2n) is 5.00. The number of carbonyl (C=O) groups is 2. The van der Waals surface area contributed by atoms with E-state index in [1.807, 2.05) is 0 Å². The standard InChI is InChI=1S/C15H19ClN2O4/c1-10-15(20)18(7-6-17(10)14(19)9-21-2)12-8-11(16)4-5-13(12)22-3/h4-5,8,10H,6-7,9H2,1-3H3. The SMILES string of the molecule is COCC(=O)N1CCN(c2cc(Cl)ccc2OC)C(=O)C1C. The van der Waals surface area contributed by atoms with E-state index >= 15 is 0 Å². The lowest BCUT2D eigenvalue weighted by Gasteiger charge is -2.39. The van der Waals surface area contributed by atoms with Crippen LogP contribution in [-0.2, 0) is 14.3 Å². The molecule has 2 amide bonds. The summed E-state index contributed by atoms with van der Waals surface area (Å²) in [5.41, 5.74) is 0.616. The molecule has 1 aliphatic heterocycles. The molecule has 7 heteroatoms. The van der Waals surface area contributed by atoms with E-state index in [4.69, 9.17) is 21.1 Å². The van der Waals surface area contributed by atoms with Crippen LogP contribution in [0.3, 0.4) is 0 Å². The summed E-state index contributed by atoms with van der Waals surface area (Å²) in [7, 11) is 3.00. The number of amides is 2. The highest BCUT2D eigenvalue weighted by molar-refractivity contribution is 6.31. The fourth-order valence-corrected chi connectivity index (χ4v) is 2.70. The molecular formula is C15H19ClN2O4. The quantitative estimate of drug-likeness (QED) is 0.842. The summed E-state index contributed by atoms with van der Waals surface area (Å²) < 4.78 is 10.1. The number of rotatable bonds is 4. The highest BCUT2D eigenvalue weighted by Crippen LogP contribution is 2.33. The van der Waals surface area contributed by atoms with Crippen molar-refractivity contribution in [3.8, 4) is 5.75 Å². The third-order valence-corrected chi connectivity index (χ3v) is 3.91. The van der Waals surface area contributed by atoms with Crippen LogP contribution in [0.5, 0.6) is 5.75 Å². The molecule has 1 aliphatic rings. The van der Waals surface area contributed by atoms with Crippen molar-refractivity contribution in [3.63, 3.8) is 0 Å². The van der Waals surface area contributed by atoms with Crippen LogP contribution in [-0.4, -0.2) is 56.7 Å². The number of nitrogens with zero attached hydrogens (tertiary/aromatic N) is 2. The van der Waals surface area contributed by atoms with Crippen LogP contribution in [0.15, 0.2) is 18.2 Å². The molecule has 120 valence electrons. The molecule has 1 aromatic rings. The Morgan fingerprint density at radius 2 is 2.09 bits per heavy atom. The van der Waals surface area contributed by atoms with E-state index < -0.39 is 6.04 Å². The molecule has 1 unspecified atom stereocenters. The van der Waals surface area contributed by atoms with Gasteiger partial charge in [0.05, 0.1) is 12.8 Å². The van der Waals surface area contributed by atoms with Gasteiger partial charge in [0, 0.05) is 25.2 Å². The Hall–Kier alpha value is -1.79. The van der Waals surface area contributed by atoms with Gasteiger partial charge in [-0.05, 0) is 25.1 Å². The molecule has 1 aromatic carbocycles. The van der Waals surface area contributed by atoms with Crippen molar-refractivity contribution in [3.05, 3.63) is 23.2 Å². The van der Waals surface area contributed by atoms with E-state index in [1.165, 1.54) is 12.0 Å². The number of methoxy groups -OCH3 is 2. The fraction of sp³-hybridized carbons (Fsp3) is 0.467. The second kappa shape index (κ2) is 6.98. The number of benzene rings is 1. The first-order valence-corrected chi connectivity index (χ1v) is 7.30. The van der Waals surface area contributed by atoms with Crippen molar-refractivity contribution in [2.45, 2.75) is 13.0 Å². The van der Waals surface area contributed by atoms with Gasteiger partial charge in [0.2, 0.25) is 11.8 Å². The number of carbonyl (C=O) groups excluding carboxylic acids is 2. The number of hydrogen-bond donors (Lipinski definition) is 0. The average Bonchev–Trinajstić information content (AvgIpc) is 2.50. The molecule has 1 fully saturated rings. The Bertz CT molecular complexity index is 579. The fourth-order valence-electron chi connectivity index (χ4n) is 2.53. The maximum atomic E-state index is 12.6. The molecule has 0 aromatic heterocycles. The molecule has 22 heavy (non-hydrogen) atoms. The van der Waals surface area contributed by atoms with Crippen molar-refractivity contribution in [1.29, 1.82) is 0 Å². The first-order valence-electron chi connectivity index (χ1n) is 6.93. The van der Waals surface area contributed by atoms with Crippen molar-refractivity contribution in [2.24, 2.45) is 0 Å². The monoisotopic (exact) mass is 326 g/mol. The highest BCUT2D eigenvalue weighted by Gasteiger charge is 2.35. The molecule has 6 nitrogen and oxygen atoms in total. The second-order valence-corrected chi connectivity index (χ2v) is 5.44. The molecule has 0 N–H and O–H groups in total. The molecule has 0 radical (unpaired) electrons. The summed E-state index contributed by atoms with van der Waals surface area (Å²) in [6.45, 7) is 2.50. The van der Waals surface area contributed by atoms with E-state index in [2.05, 4.69) is 0 Å². The molecule has 1 saturated heterocycles. The Balaban J connectivity index is 2.25. The largest absolute Gasteiger partial charge is 0.495 e. The van der Waals surface area contributed by atoms with Crippen LogP contribution in [0.4, 0.5) is 5.69 Å². The summed E-state index contributed by atoms with van der Waals surface area (Å²) in [6, 6.07) is 4.56. The third kappa shape index (κ3) is 3.18. The van der Waals surface area contributed by atoms with Gasteiger partial charge < -0.3 is 19.3 Å². The van der Waals surface area contributed by atoms with Gasteiger partial charge in [-0.3, -0.25) is 9.59 Å². The minimum Gasteiger partial charge on any atom is -0.495 e. The van der Waals surface area contributed by atoms with E-state index in [0.29, 0.717) is 29.5 Å². The smallest absolute Gasteiger partial charge is 0.249 e. The van der Waals surface area contributed by atoms with Crippen molar-refractivity contribution >= 4 is 29.1 Å². The third-order valence-electron chi connectivity index (χ3n) is 3.68. The maximum absolute atomic E-state index is 12.6. The summed E-state index contributed by atoms with van der Waals surface area (Å²) >= 11 is 6.02. The molecule has 2 rings (SSSR count). The zero-order chi connectivity index (χ0) is 16.3. The minimum absolute atomic E-state index is 0.0297. The Morgan fingerprint density at radius 1 is 1.36 bits per heavy atom. The number of piperazine rings is 1. The van der Waals surface area contributed by atoms with Gasteiger partial charge >= 0.3 is 0 Å². The Kier molecular flexibility index (Phi) is 5.26. The van der Waals surface area contributed by atoms with Crippen LogP contribution in [0.2, 0.25) is 5.02 Å². The molecule has 1 atom stereocenters. The topological polar surface area (TPSA) is 59.1 Å². The lowest BCUT2D eigenvalue weighted by molar-refractivity contribution is -0.143. The van der Waals surface area contributed by atoms with Gasteiger partial charge in [-0.2, -0.15) is 0 Å². The van der Waals surface area contributed by atoms with Gasteiger partial charge in [-0.25, -0.2) is 0 Å². The number of halogens is 1. The first-order chi connectivity index (χ1) is 10.5. The van der Waals surface area contributed by atoms with E-state index in [0.717, 1.165) is 0 Å². The maximum Gasteiger partial charge on any atom is 0.249 e. The summed E-state index contributed by atoms with van der Waals surface area (Å²) in [4.78, 5) is 27.7. The van der Waals surface area contributed by atoms with Crippen LogP contribution >= 0.6 is 11.6 Å². The van der Waals surface area contributed by atoms with E-state index in [1.54, 1.807) is 37.1 Å². The van der Waals surface area contributed by atoms with Crippen LogP contribution in [0.1, 0.15) is 6.92 Å². The summed E-state index contributed by atoms with van der Waals surface area (Å²) in [5.74, 6) is 0.207. The van der Waals surface area contributed by atoms with Crippen molar-refractivity contribution < 1.29 is 19.1 Å². The van der Waals surface area contributed by atoms with Crippen LogP contribution in [0, 0.1) is 0 Å². The van der Waals surface area contributed by atoms with Gasteiger partial charge in [-0.15, -0.1) is 0 Å². The Morgan fingerprint density at radius 3 is 2.73 bits per heavy atom. The van der Waals surface area contributed by atoms with Gasteiger partial charge in [-0.1, -0.05) is 11.6 Å². The van der Waals surface area contributed by atoms with Gasteiger partial charge in [0.25, 0.3) is 0 Å². The number of ether oxygens (including phenoxy) is 2. The van der Waals surface area contributed by atoms with Gasteiger partial charge in [0.15, 0.2) is 0 Å². The molecule has 0 bridgehead atoms. The molecule has 0 aliphatic carbocycles. The van der Waals surface area contributed by atoms with Crippen molar-refractivity contribution in [1.82, 2.24) is 4.90 Å². The molecule has 0 saturated carbocycles. The first kappa shape index (κ1) is 16.6. The van der Waals surface area contributed by atoms with E-state index in [9.17, 15) is 9.59 Å². The minimum atomic E-state index is -0.555. The van der Waals surface area contributed by atoms with Crippen molar-refractivity contribution in [2.75, 3.05) is 38.8 Å². The molecule has 0 spiro atoms. The summed E-state index contributed by atoms with van der Waals surface area (Å²) in [5, 5.41) is 0.522. The van der Waals surface area contributed by atoms with Crippen LogP contribution < -0.4 is 9.64 Å². The van der Waals surface area contributed by atoms with Crippen LogP contribution in [0.25, 0.3) is 0 Å². The zero-order valence-electron chi connectivity index (χ0n) is 12.8. The lowest BCUT2D eigenvalue weighted by Crippen LogP contribution is -2.58. The predicted octanol–water partition coefficient (Wildman–Crippen LogP) is 1.56. The lowest BCUT2D eigenvalue weighted by atomic mass is 10.1. The predicted molar refractivity (Wildman–Crippen MR) is 83.4 cm³/mol. The molecular weight excluding hydrogens is 308 g/mol. The molecule has 1 heterocycles. The Labute approximate surface area is 134 Å². The normalized spacial score (nSPS) is 18.5. The van der Waals surface area contributed by atoms with E-state index in [-0.39, 0.29) is 18.4 Å². The highest BCUT2D eigenvalue weighted by atomic mass is 35.5.